The number of fused-ring (bicyclic) bond motifs is 1. The summed E-state index contributed by atoms with van der Waals surface area (Å²) < 4.78 is 7.18. The molecule has 0 fully saturated rings. The van der Waals surface area contributed by atoms with E-state index in [0.717, 1.165) is 11.3 Å². The molecule has 0 saturated heterocycles. The van der Waals surface area contributed by atoms with Crippen LogP contribution in [0.25, 0.3) is 17.0 Å². The van der Waals surface area contributed by atoms with E-state index in [-0.39, 0.29) is 0 Å². The smallest absolute Gasteiger partial charge is 0.179 e. The Labute approximate surface area is 109 Å². The van der Waals surface area contributed by atoms with Gasteiger partial charge in [0.2, 0.25) is 0 Å². The molecule has 0 spiro atoms. The van der Waals surface area contributed by atoms with Crippen molar-refractivity contribution in [1.29, 1.82) is 0 Å². The fourth-order valence-electron chi connectivity index (χ4n) is 1.90. The van der Waals surface area contributed by atoms with E-state index in [0.29, 0.717) is 16.5 Å². The molecule has 18 heavy (non-hydrogen) atoms. The lowest BCUT2D eigenvalue weighted by Crippen LogP contribution is -1.92. The number of methoxy groups -OCH3 is 1. The molecule has 5 heteroatoms. The van der Waals surface area contributed by atoms with E-state index in [9.17, 15) is 0 Å². The molecule has 0 atom stereocenters. The number of aromatic nitrogens is 3. The van der Waals surface area contributed by atoms with Gasteiger partial charge in [0.1, 0.15) is 5.75 Å². The van der Waals surface area contributed by atoms with E-state index in [4.69, 9.17) is 16.3 Å². The summed E-state index contributed by atoms with van der Waals surface area (Å²) in [5, 5.41) is 8.85. The molecular weight excluding hydrogens is 250 g/mol. The second-order valence-corrected chi connectivity index (χ2v) is 4.18. The summed E-state index contributed by atoms with van der Waals surface area (Å²) >= 11 is 6.08. The van der Waals surface area contributed by atoms with E-state index in [1.165, 1.54) is 0 Å². The first-order chi connectivity index (χ1) is 8.81. The number of hydrogen-bond donors (Lipinski definition) is 0. The Morgan fingerprint density at radius 3 is 2.78 bits per heavy atom. The molecule has 3 aromatic rings. The second-order valence-electron chi connectivity index (χ2n) is 3.77. The van der Waals surface area contributed by atoms with Crippen LogP contribution in [0.2, 0.25) is 5.02 Å². The molecule has 4 nitrogen and oxygen atoms in total. The van der Waals surface area contributed by atoms with Crippen LogP contribution in [0.15, 0.2) is 42.6 Å². The first-order valence-electron chi connectivity index (χ1n) is 5.44. The summed E-state index contributed by atoms with van der Waals surface area (Å²) in [4.78, 5) is 0. The van der Waals surface area contributed by atoms with E-state index in [1.807, 2.05) is 40.9 Å². The largest absolute Gasteiger partial charge is 0.496 e. The fraction of sp³-hybridized carbons (Fsp3) is 0.0769. The van der Waals surface area contributed by atoms with Crippen molar-refractivity contribution < 1.29 is 4.74 Å². The Kier molecular flexibility index (Phi) is 2.64. The van der Waals surface area contributed by atoms with Crippen LogP contribution in [0.3, 0.4) is 0 Å². The average molecular weight is 260 g/mol. The van der Waals surface area contributed by atoms with Gasteiger partial charge in [0.05, 0.1) is 17.7 Å². The minimum absolute atomic E-state index is 0.575. The Hall–Kier alpha value is -2.07. The summed E-state index contributed by atoms with van der Waals surface area (Å²) in [6.07, 6.45) is 1.88. The molecule has 0 radical (unpaired) electrons. The lowest BCUT2D eigenvalue weighted by molar-refractivity contribution is 0.416. The highest BCUT2D eigenvalue weighted by molar-refractivity contribution is 6.33. The van der Waals surface area contributed by atoms with Gasteiger partial charge in [0, 0.05) is 6.20 Å². The summed E-state index contributed by atoms with van der Waals surface area (Å²) in [7, 11) is 1.63. The number of halogens is 1. The highest BCUT2D eigenvalue weighted by Gasteiger charge is 2.13. The molecule has 0 bridgehead atoms. The van der Waals surface area contributed by atoms with Crippen LogP contribution in [-0.2, 0) is 0 Å². The van der Waals surface area contributed by atoms with Gasteiger partial charge in [0.15, 0.2) is 11.5 Å². The van der Waals surface area contributed by atoms with Gasteiger partial charge in [-0.1, -0.05) is 23.7 Å². The number of ether oxygens (including phenoxy) is 1. The van der Waals surface area contributed by atoms with Crippen molar-refractivity contribution in [1.82, 2.24) is 14.6 Å². The van der Waals surface area contributed by atoms with E-state index in [1.54, 1.807) is 13.2 Å². The van der Waals surface area contributed by atoms with Crippen molar-refractivity contribution in [2.45, 2.75) is 0 Å². The fourth-order valence-corrected chi connectivity index (χ4v) is 2.10. The van der Waals surface area contributed by atoms with Gasteiger partial charge in [-0.25, -0.2) is 0 Å². The van der Waals surface area contributed by atoms with Crippen molar-refractivity contribution in [2.24, 2.45) is 0 Å². The molecular formula is C13H10ClN3O. The predicted molar refractivity (Wildman–Crippen MR) is 70.0 cm³/mol. The number of pyridine rings is 1. The van der Waals surface area contributed by atoms with Crippen molar-refractivity contribution in [3.8, 4) is 17.1 Å². The van der Waals surface area contributed by atoms with E-state index < -0.39 is 0 Å². The van der Waals surface area contributed by atoms with E-state index >= 15 is 0 Å². The predicted octanol–water partition coefficient (Wildman–Crippen LogP) is 3.06. The first kappa shape index (κ1) is 11.0. The van der Waals surface area contributed by atoms with Crippen LogP contribution in [0.5, 0.6) is 5.75 Å². The van der Waals surface area contributed by atoms with Crippen molar-refractivity contribution in [2.75, 3.05) is 7.11 Å². The standard InChI is InChI=1S/C13H10ClN3O/c1-18-11-7-3-2-5-9(11)12-15-16-13-10(14)6-4-8-17(12)13/h2-8H,1H3. The molecule has 0 aliphatic heterocycles. The Morgan fingerprint density at radius 1 is 1.11 bits per heavy atom. The first-order valence-corrected chi connectivity index (χ1v) is 5.81. The Balaban J connectivity index is 2.29. The van der Waals surface area contributed by atoms with Crippen LogP contribution in [0.1, 0.15) is 0 Å². The maximum absolute atomic E-state index is 6.08. The highest BCUT2D eigenvalue weighted by Crippen LogP contribution is 2.29. The second kappa shape index (κ2) is 4.31. The lowest BCUT2D eigenvalue weighted by Gasteiger charge is -2.06. The van der Waals surface area contributed by atoms with Gasteiger partial charge in [0.25, 0.3) is 0 Å². The molecule has 2 aromatic heterocycles. The van der Waals surface area contributed by atoms with Gasteiger partial charge >= 0.3 is 0 Å². The number of benzene rings is 1. The molecule has 0 aliphatic carbocycles. The van der Waals surface area contributed by atoms with Gasteiger partial charge in [-0.15, -0.1) is 10.2 Å². The molecule has 2 heterocycles. The van der Waals surface area contributed by atoms with Crippen molar-refractivity contribution in [3.05, 3.63) is 47.6 Å². The Morgan fingerprint density at radius 2 is 1.94 bits per heavy atom. The van der Waals surface area contributed by atoms with Crippen LogP contribution in [0.4, 0.5) is 0 Å². The van der Waals surface area contributed by atoms with Gasteiger partial charge in [-0.3, -0.25) is 4.40 Å². The summed E-state index contributed by atoms with van der Waals surface area (Å²) in [5.74, 6) is 1.47. The summed E-state index contributed by atoms with van der Waals surface area (Å²) in [6, 6.07) is 11.3. The average Bonchev–Trinajstić information content (AvgIpc) is 2.84. The molecule has 0 amide bonds. The number of para-hydroxylation sites is 1. The number of nitrogens with zero attached hydrogens (tertiary/aromatic N) is 3. The molecule has 0 saturated carbocycles. The molecule has 1 aromatic carbocycles. The summed E-state index contributed by atoms with van der Waals surface area (Å²) in [5.41, 5.74) is 1.52. The molecule has 90 valence electrons. The zero-order chi connectivity index (χ0) is 12.5. The van der Waals surface area contributed by atoms with Gasteiger partial charge in [-0.05, 0) is 24.3 Å². The number of rotatable bonds is 2. The third-order valence-electron chi connectivity index (χ3n) is 2.73. The zero-order valence-electron chi connectivity index (χ0n) is 9.67. The van der Waals surface area contributed by atoms with E-state index in [2.05, 4.69) is 10.2 Å². The van der Waals surface area contributed by atoms with Gasteiger partial charge in [-0.2, -0.15) is 0 Å². The van der Waals surface area contributed by atoms with Crippen molar-refractivity contribution >= 4 is 17.2 Å². The third kappa shape index (κ3) is 1.62. The topological polar surface area (TPSA) is 39.4 Å². The van der Waals surface area contributed by atoms with Crippen molar-refractivity contribution in [3.63, 3.8) is 0 Å². The normalized spacial score (nSPS) is 10.8. The Bertz CT molecular complexity index is 708. The summed E-state index contributed by atoms with van der Waals surface area (Å²) in [6.45, 7) is 0. The van der Waals surface area contributed by atoms with Crippen LogP contribution in [0, 0.1) is 0 Å². The minimum atomic E-state index is 0.575. The van der Waals surface area contributed by atoms with Gasteiger partial charge < -0.3 is 4.74 Å². The minimum Gasteiger partial charge on any atom is -0.496 e. The molecule has 0 N–H and O–H groups in total. The quantitative estimate of drug-likeness (QED) is 0.710. The zero-order valence-corrected chi connectivity index (χ0v) is 10.4. The molecule has 0 unspecified atom stereocenters. The third-order valence-corrected chi connectivity index (χ3v) is 3.03. The lowest BCUT2D eigenvalue weighted by atomic mass is 10.2. The highest BCUT2D eigenvalue weighted by atomic mass is 35.5. The van der Waals surface area contributed by atoms with Crippen LogP contribution < -0.4 is 4.74 Å². The number of hydrogen-bond acceptors (Lipinski definition) is 3. The SMILES string of the molecule is COc1ccccc1-c1nnc2c(Cl)cccn12. The maximum Gasteiger partial charge on any atom is 0.179 e. The maximum atomic E-state index is 6.08. The molecule has 3 rings (SSSR count). The monoisotopic (exact) mass is 259 g/mol. The van der Waals surface area contributed by atoms with Crippen LogP contribution in [-0.4, -0.2) is 21.7 Å². The van der Waals surface area contributed by atoms with Crippen LogP contribution >= 0.6 is 11.6 Å². The molecule has 0 aliphatic rings.